The second kappa shape index (κ2) is 6.97. The lowest BCUT2D eigenvalue weighted by atomic mass is 9.78. The van der Waals surface area contributed by atoms with E-state index < -0.39 is 0 Å². The standard InChI is InChI=1S/C18H34N2O/c1-15(2)17-12-19-18(9-5-3-6-10-18)14-20(17)13-16-8-4-7-11-21-16/h15-17,19H,3-14H2,1-2H3. The van der Waals surface area contributed by atoms with Crippen molar-refractivity contribution in [2.45, 2.75) is 82.9 Å². The van der Waals surface area contributed by atoms with Crippen LogP contribution in [0.15, 0.2) is 0 Å². The van der Waals surface area contributed by atoms with Crippen LogP contribution in [0.4, 0.5) is 0 Å². The summed E-state index contributed by atoms with van der Waals surface area (Å²) in [5.74, 6) is 0.724. The molecule has 0 aromatic carbocycles. The first-order valence-corrected chi connectivity index (χ1v) is 9.29. The van der Waals surface area contributed by atoms with E-state index in [1.165, 1.54) is 64.5 Å². The average molecular weight is 294 g/mol. The topological polar surface area (TPSA) is 24.5 Å². The Labute approximate surface area is 130 Å². The van der Waals surface area contributed by atoms with Gasteiger partial charge in [-0.1, -0.05) is 33.1 Å². The van der Waals surface area contributed by atoms with Crippen LogP contribution < -0.4 is 5.32 Å². The Hall–Kier alpha value is -0.120. The molecule has 2 saturated heterocycles. The van der Waals surface area contributed by atoms with Crippen molar-refractivity contribution in [1.29, 1.82) is 0 Å². The smallest absolute Gasteiger partial charge is 0.0702 e. The summed E-state index contributed by atoms with van der Waals surface area (Å²) in [5.41, 5.74) is 0.415. The molecule has 0 aromatic heterocycles. The molecule has 3 nitrogen and oxygen atoms in total. The maximum atomic E-state index is 6.02. The van der Waals surface area contributed by atoms with Crippen molar-refractivity contribution in [3.8, 4) is 0 Å². The second-order valence-corrected chi connectivity index (χ2v) is 7.95. The number of piperazine rings is 1. The summed E-state index contributed by atoms with van der Waals surface area (Å²) in [6.07, 6.45) is 11.4. The molecule has 3 fully saturated rings. The fourth-order valence-corrected chi connectivity index (χ4v) is 4.65. The molecule has 1 spiro atoms. The summed E-state index contributed by atoms with van der Waals surface area (Å²) in [5, 5.41) is 3.95. The van der Waals surface area contributed by atoms with Crippen LogP contribution in [-0.2, 0) is 4.74 Å². The molecule has 122 valence electrons. The zero-order valence-electron chi connectivity index (χ0n) is 14.1. The number of hydrogen-bond acceptors (Lipinski definition) is 3. The highest BCUT2D eigenvalue weighted by atomic mass is 16.5. The van der Waals surface area contributed by atoms with Crippen LogP contribution in [0.2, 0.25) is 0 Å². The molecule has 0 aromatic rings. The van der Waals surface area contributed by atoms with Gasteiger partial charge >= 0.3 is 0 Å². The minimum atomic E-state index is 0.415. The van der Waals surface area contributed by atoms with Crippen molar-refractivity contribution in [3.05, 3.63) is 0 Å². The van der Waals surface area contributed by atoms with Gasteiger partial charge in [0, 0.05) is 37.8 Å². The Morgan fingerprint density at radius 2 is 1.95 bits per heavy atom. The summed E-state index contributed by atoms with van der Waals surface area (Å²) in [4.78, 5) is 2.78. The van der Waals surface area contributed by atoms with Crippen LogP contribution >= 0.6 is 0 Å². The van der Waals surface area contributed by atoms with E-state index in [1.54, 1.807) is 0 Å². The first-order chi connectivity index (χ1) is 10.2. The lowest BCUT2D eigenvalue weighted by molar-refractivity contribution is -0.0407. The molecule has 3 aliphatic rings. The van der Waals surface area contributed by atoms with E-state index in [1.807, 2.05) is 0 Å². The molecule has 2 heterocycles. The molecule has 0 amide bonds. The van der Waals surface area contributed by atoms with Gasteiger partial charge in [0.15, 0.2) is 0 Å². The highest BCUT2D eigenvalue weighted by molar-refractivity contribution is 5.00. The van der Waals surface area contributed by atoms with Crippen molar-refractivity contribution < 1.29 is 4.74 Å². The van der Waals surface area contributed by atoms with Crippen LogP contribution in [0.25, 0.3) is 0 Å². The summed E-state index contributed by atoms with van der Waals surface area (Å²) in [6, 6.07) is 0.683. The van der Waals surface area contributed by atoms with Crippen molar-refractivity contribution in [1.82, 2.24) is 10.2 Å². The third kappa shape index (κ3) is 3.80. The quantitative estimate of drug-likeness (QED) is 0.865. The van der Waals surface area contributed by atoms with Crippen LogP contribution in [0, 0.1) is 5.92 Å². The van der Waals surface area contributed by atoms with Crippen LogP contribution in [0.5, 0.6) is 0 Å². The predicted molar refractivity (Wildman–Crippen MR) is 87.6 cm³/mol. The highest BCUT2D eigenvalue weighted by Gasteiger charge is 2.41. The lowest BCUT2D eigenvalue weighted by Crippen LogP contribution is -2.66. The molecule has 0 bridgehead atoms. The van der Waals surface area contributed by atoms with E-state index >= 15 is 0 Å². The molecule has 21 heavy (non-hydrogen) atoms. The monoisotopic (exact) mass is 294 g/mol. The maximum Gasteiger partial charge on any atom is 0.0702 e. The molecule has 3 rings (SSSR count). The van der Waals surface area contributed by atoms with Crippen molar-refractivity contribution in [2.24, 2.45) is 5.92 Å². The first kappa shape index (κ1) is 15.8. The number of nitrogens with one attached hydrogen (secondary N) is 1. The van der Waals surface area contributed by atoms with Gasteiger partial charge in [-0.15, -0.1) is 0 Å². The SMILES string of the molecule is CC(C)C1CNC2(CCCCC2)CN1CC1CCCCO1. The van der Waals surface area contributed by atoms with E-state index in [2.05, 4.69) is 24.1 Å². The van der Waals surface area contributed by atoms with Crippen LogP contribution in [0.3, 0.4) is 0 Å². The molecular weight excluding hydrogens is 260 g/mol. The molecule has 1 aliphatic carbocycles. The Morgan fingerprint density at radius 3 is 2.62 bits per heavy atom. The zero-order chi connectivity index (χ0) is 14.7. The Bertz CT molecular complexity index is 319. The Balaban J connectivity index is 1.65. The van der Waals surface area contributed by atoms with Crippen LogP contribution in [-0.4, -0.2) is 48.8 Å². The molecule has 2 atom stereocenters. The molecule has 2 unspecified atom stereocenters. The third-order valence-corrected chi connectivity index (χ3v) is 5.95. The van der Waals surface area contributed by atoms with E-state index in [0.717, 1.165) is 19.1 Å². The number of ether oxygens (including phenoxy) is 1. The number of hydrogen-bond donors (Lipinski definition) is 1. The summed E-state index contributed by atoms with van der Waals surface area (Å²) >= 11 is 0. The zero-order valence-corrected chi connectivity index (χ0v) is 14.1. The van der Waals surface area contributed by atoms with Crippen molar-refractivity contribution in [2.75, 3.05) is 26.2 Å². The lowest BCUT2D eigenvalue weighted by Gasteiger charge is -2.51. The van der Waals surface area contributed by atoms with Gasteiger partial charge in [-0.05, 0) is 38.0 Å². The fraction of sp³-hybridized carbons (Fsp3) is 1.00. The Kier molecular flexibility index (Phi) is 5.23. The molecule has 1 saturated carbocycles. The van der Waals surface area contributed by atoms with E-state index in [0.29, 0.717) is 17.7 Å². The van der Waals surface area contributed by atoms with Crippen molar-refractivity contribution >= 4 is 0 Å². The fourth-order valence-electron chi connectivity index (χ4n) is 4.65. The van der Waals surface area contributed by atoms with Gasteiger partial charge in [0.1, 0.15) is 0 Å². The molecule has 0 radical (unpaired) electrons. The molecule has 2 aliphatic heterocycles. The highest BCUT2D eigenvalue weighted by Crippen LogP contribution is 2.33. The minimum absolute atomic E-state index is 0.415. The van der Waals surface area contributed by atoms with E-state index in [9.17, 15) is 0 Å². The average Bonchev–Trinajstić information content (AvgIpc) is 2.49. The van der Waals surface area contributed by atoms with Gasteiger partial charge in [0.25, 0.3) is 0 Å². The first-order valence-electron chi connectivity index (χ1n) is 9.29. The van der Waals surface area contributed by atoms with Gasteiger partial charge in [-0.25, -0.2) is 0 Å². The normalized spacial score (nSPS) is 34.4. The summed E-state index contributed by atoms with van der Waals surface area (Å²) in [6.45, 7) is 9.31. The van der Waals surface area contributed by atoms with Gasteiger partial charge in [-0.2, -0.15) is 0 Å². The summed E-state index contributed by atoms with van der Waals surface area (Å²) in [7, 11) is 0. The number of nitrogens with zero attached hydrogens (tertiary/aromatic N) is 1. The Morgan fingerprint density at radius 1 is 1.14 bits per heavy atom. The molecule has 1 N–H and O–H groups in total. The predicted octanol–water partition coefficient (Wildman–Crippen LogP) is 3.19. The second-order valence-electron chi connectivity index (χ2n) is 7.95. The van der Waals surface area contributed by atoms with Crippen molar-refractivity contribution in [3.63, 3.8) is 0 Å². The van der Waals surface area contributed by atoms with E-state index in [-0.39, 0.29) is 0 Å². The van der Waals surface area contributed by atoms with Crippen LogP contribution in [0.1, 0.15) is 65.2 Å². The van der Waals surface area contributed by atoms with Gasteiger partial charge in [0.05, 0.1) is 6.10 Å². The molecular formula is C18H34N2O. The third-order valence-electron chi connectivity index (χ3n) is 5.95. The van der Waals surface area contributed by atoms with Gasteiger partial charge < -0.3 is 10.1 Å². The number of rotatable bonds is 3. The maximum absolute atomic E-state index is 6.02. The van der Waals surface area contributed by atoms with Gasteiger partial charge in [-0.3, -0.25) is 4.90 Å². The van der Waals surface area contributed by atoms with Gasteiger partial charge in [0.2, 0.25) is 0 Å². The minimum Gasteiger partial charge on any atom is -0.377 e. The van der Waals surface area contributed by atoms with E-state index in [4.69, 9.17) is 4.74 Å². The summed E-state index contributed by atoms with van der Waals surface area (Å²) < 4.78 is 6.02. The largest absolute Gasteiger partial charge is 0.377 e. The molecule has 3 heteroatoms.